The van der Waals surface area contributed by atoms with Crippen molar-refractivity contribution in [3.63, 3.8) is 0 Å². The summed E-state index contributed by atoms with van der Waals surface area (Å²) in [4.78, 5) is 25.1. The van der Waals surface area contributed by atoms with E-state index >= 15 is 0 Å². The zero-order chi connectivity index (χ0) is 15.9. The maximum Gasteiger partial charge on any atom is 0.292 e. The van der Waals surface area contributed by atoms with E-state index in [0.29, 0.717) is 0 Å². The molecule has 120 valence electrons. The molecule has 1 aliphatic rings. The SMILES string of the molecule is C[C@@H](C(=O)Nc1ccccc1[N+](=O)[O-])N1CCCCCCC1. The minimum atomic E-state index is -0.476. The molecule has 1 saturated heterocycles. The van der Waals surface area contributed by atoms with Crippen molar-refractivity contribution in [2.24, 2.45) is 0 Å². The second-order valence-corrected chi connectivity index (χ2v) is 5.74. The molecule has 1 heterocycles. The highest BCUT2D eigenvalue weighted by Gasteiger charge is 2.23. The first-order chi connectivity index (χ1) is 10.6. The molecule has 0 spiro atoms. The number of nitrogens with zero attached hydrogens (tertiary/aromatic N) is 2. The van der Waals surface area contributed by atoms with Crippen LogP contribution in [0.2, 0.25) is 0 Å². The van der Waals surface area contributed by atoms with Crippen LogP contribution in [0.5, 0.6) is 0 Å². The van der Waals surface area contributed by atoms with Crippen molar-refractivity contribution >= 4 is 17.3 Å². The molecule has 1 aromatic rings. The Balaban J connectivity index is 2.03. The zero-order valence-corrected chi connectivity index (χ0v) is 13.0. The number of amides is 1. The molecule has 1 aromatic carbocycles. The number of benzene rings is 1. The smallest absolute Gasteiger partial charge is 0.292 e. The number of likely N-dealkylation sites (tertiary alicyclic amines) is 1. The van der Waals surface area contributed by atoms with Gasteiger partial charge in [0.25, 0.3) is 5.69 Å². The lowest BCUT2D eigenvalue weighted by molar-refractivity contribution is -0.383. The molecule has 1 N–H and O–H groups in total. The van der Waals surface area contributed by atoms with Crippen LogP contribution in [0.3, 0.4) is 0 Å². The number of anilines is 1. The molecule has 0 unspecified atom stereocenters. The first-order valence-electron chi connectivity index (χ1n) is 7.88. The van der Waals surface area contributed by atoms with Crippen molar-refractivity contribution in [3.05, 3.63) is 34.4 Å². The van der Waals surface area contributed by atoms with Crippen molar-refractivity contribution in [2.45, 2.75) is 45.1 Å². The summed E-state index contributed by atoms with van der Waals surface area (Å²) in [6.07, 6.45) is 5.88. The summed E-state index contributed by atoms with van der Waals surface area (Å²) in [7, 11) is 0. The molecule has 1 aliphatic heterocycles. The van der Waals surface area contributed by atoms with Crippen LogP contribution in [-0.4, -0.2) is 34.9 Å². The van der Waals surface area contributed by atoms with Crippen LogP contribution >= 0.6 is 0 Å². The van der Waals surface area contributed by atoms with Gasteiger partial charge in [0.2, 0.25) is 5.91 Å². The van der Waals surface area contributed by atoms with Crippen LogP contribution < -0.4 is 5.32 Å². The normalized spacial score (nSPS) is 18.0. The summed E-state index contributed by atoms with van der Waals surface area (Å²) in [6, 6.07) is 5.96. The van der Waals surface area contributed by atoms with Gasteiger partial charge in [0.15, 0.2) is 0 Å². The topological polar surface area (TPSA) is 75.5 Å². The van der Waals surface area contributed by atoms with Gasteiger partial charge in [0.05, 0.1) is 11.0 Å². The minimum absolute atomic E-state index is 0.0734. The lowest BCUT2D eigenvalue weighted by Crippen LogP contribution is -2.43. The molecule has 0 aliphatic carbocycles. The van der Waals surface area contributed by atoms with Gasteiger partial charge in [0.1, 0.15) is 5.69 Å². The van der Waals surface area contributed by atoms with Gasteiger partial charge in [0, 0.05) is 6.07 Å². The largest absolute Gasteiger partial charge is 0.319 e. The van der Waals surface area contributed by atoms with Gasteiger partial charge in [-0.3, -0.25) is 19.8 Å². The molecular formula is C16H23N3O3. The molecule has 22 heavy (non-hydrogen) atoms. The fourth-order valence-electron chi connectivity index (χ4n) is 2.80. The van der Waals surface area contributed by atoms with E-state index in [2.05, 4.69) is 10.2 Å². The molecule has 0 saturated carbocycles. The number of para-hydroxylation sites is 2. The van der Waals surface area contributed by atoms with Gasteiger partial charge in [-0.05, 0) is 38.9 Å². The van der Waals surface area contributed by atoms with Crippen LogP contribution in [-0.2, 0) is 4.79 Å². The molecule has 6 heteroatoms. The predicted octanol–water partition coefficient (Wildman–Crippen LogP) is 3.19. The maximum atomic E-state index is 12.4. The van der Waals surface area contributed by atoms with Gasteiger partial charge >= 0.3 is 0 Å². The van der Waals surface area contributed by atoms with Crippen molar-refractivity contribution in [2.75, 3.05) is 18.4 Å². The lowest BCUT2D eigenvalue weighted by Gasteiger charge is -2.29. The van der Waals surface area contributed by atoms with Crippen molar-refractivity contribution in [1.29, 1.82) is 0 Å². The quantitative estimate of drug-likeness (QED) is 0.684. The highest BCUT2D eigenvalue weighted by molar-refractivity contribution is 5.96. The Morgan fingerprint density at radius 3 is 2.41 bits per heavy atom. The van der Waals surface area contributed by atoms with Gasteiger partial charge in [-0.2, -0.15) is 0 Å². The molecule has 0 bridgehead atoms. The van der Waals surface area contributed by atoms with Crippen LogP contribution in [0, 0.1) is 10.1 Å². The van der Waals surface area contributed by atoms with E-state index in [4.69, 9.17) is 0 Å². The Morgan fingerprint density at radius 2 is 1.77 bits per heavy atom. The van der Waals surface area contributed by atoms with Crippen LogP contribution in [0.15, 0.2) is 24.3 Å². The Labute approximate surface area is 130 Å². The molecule has 0 radical (unpaired) electrons. The van der Waals surface area contributed by atoms with E-state index in [1.165, 1.54) is 25.3 Å². The third-order valence-corrected chi connectivity index (χ3v) is 4.18. The molecule has 0 aromatic heterocycles. The zero-order valence-electron chi connectivity index (χ0n) is 13.0. The number of carbonyl (C=O) groups excluding carboxylic acids is 1. The summed E-state index contributed by atoms with van der Waals surface area (Å²) in [6.45, 7) is 3.68. The Kier molecular flexibility index (Phi) is 5.89. The third-order valence-electron chi connectivity index (χ3n) is 4.18. The van der Waals surface area contributed by atoms with E-state index in [0.717, 1.165) is 25.9 Å². The molecule has 6 nitrogen and oxygen atoms in total. The maximum absolute atomic E-state index is 12.4. The average molecular weight is 305 g/mol. The van der Waals surface area contributed by atoms with Crippen molar-refractivity contribution < 1.29 is 9.72 Å². The van der Waals surface area contributed by atoms with E-state index in [9.17, 15) is 14.9 Å². The highest BCUT2D eigenvalue weighted by atomic mass is 16.6. The second-order valence-electron chi connectivity index (χ2n) is 5.74. The second kappa shape index (κ2) is 7.89. The fourth-order valence-corrected chi connectivity index (χ4v) is 2.80. The highest BCUT2D eigenvalue weighted by Crippen LogP contribution is 2.23. The summed E-state index contributed by atoms with van der Waals surface area (Å²) < 4.78 is 0. The van der Waals surface area contributed by atoms with Gasteiger partial charge < -0.3 is 5.32 Å². The number of nitro benzene ring substituents is 1. The van der Waals surface area contributed by atoms with Crippen LogP contribution in [0.25, 0.3) is 0 Å². The van der Waals surface area contributed by atoms with E-state index in [-0.39, 0.29) is 23.3 Å². The summed E-state index contributed by atoms with van der Waals surface area (Å²) in [5, 5.41) is 13.7. The number of rotatable bonds is 4. The van der Waals surface area contributed by atoms with Gasteiger partial charge in [-0.15, -0.1) is 0 Å². The Bertz CT molecular complexity index is 525. The van der Waals surface area contributed by atoms with Gasteiger partial charge in [-0.25, -0.2) is 0 Å². The monoisotopic (exact) mass is 305 g/mol. The number of hydrogen-bond acceptors (Lipinski definition) is 4. The Hall–Kier alpha value is -1.95. The molecular weight excluding hydrogens is 282 g/mol. The summed E-state index contributed by atoms with van der Waals surface area (Å²) in [5.41, 5.74) is 0.187. The summed E-state index contributed by atoms with van der Waals surface area (Å²) in [5.74, 6) is -0.185. The van der Waals surface area contributed by atoms with E-state index < -0.39 is 4.92 Å². The predicted molar refractivity (Wildman–Crippen MR) is 85.8 cm³/mol. The van der Waals surface area contributed by atoms with E-state index in [1.54, 1.807) is 18.2 Å². The number of nitro groups is 1. The average Bonchev–Trinajstić information content (AvgIpc) is 2.46. The molecule has 1 amide bonds. The number of carbonyl (C=O) groups is 1. The first kappa shape index (κ1) is 16.4. The van der Waals surface area contributed by atoms with Crippen molar-refractivity contribution in [1.82, 2.24) is 4.90 Å². The summed E-state index contributed by atoms with van der Waals surface area (Å²) >= 11 is 0. The van der Waals surface area contributed by atoms with Crippen LogP contribution in [0.4, 0.5) is 11.4 Å². The minimum Gasteiger partial charge on any atom is -0.319 e. The van der Waals surface area contributed by atoms with Crippen molar-refractivity contribution in [3.8, 4) is 0 Å². The number of hydrogen-bond donors (Lipinski definition) is 1. The third kappa shape index (κ3) is 4.27. The standard InChI is InChI=1S/C16H23N3O3/c1-13(18-11-7-3-2-4-8-12-18)16(20)17-14-9-5-6-10-15(14)19(21)22/h5-6,9-10,13H,2-4,7-8,11-12H2,1H3,(H,17,20)/t13-/m0/s1. The molecule has 1 atom stereocenters. The fraction of sp³-hybridized carbons (Fsp3) is 0.562. The number of nitrogens with one attached hydrogen (secondary N) is 1. The first-order valence-corrected chi connectivity index (χ1v) is 7.88. The lowest BCUT2D eigenvalue weighted by atomic mass is 10.1. The Morgan fingerprint density at radius 1 is 1.18 bits per heavy atom. The molecule has 2 rings (SSSR count). The van der Waals surface area contributed by atoms with E-state index in [1.807, 2.05) is 6.92 Å². The van der Waals surface area contributed by atoms with Gasteiger partial charge in [-0.1, -0.05) is 31.4 Å². The van der Waals surface area contributed by atoms with Crippen LogP contribution in [0.1, 0.15) is 39.0 Å². The molecule has 1 fully saturated rings.